The highest BCUT2D eigenvalue weighted by Gasteiger charge is 2.10. The van der Waals surface area contributed by atoms with Crippen molar-refractivity contribution in [2.24, 2.45) is 5.73 Å². The molecule has 0 saturated carbocycles. The number of hydrogen-bond donors (Lipinski definition) is 1. The Balaban J connectivity index is 2.56. The molecule has 1 aromatic carbocycles. The van der Waals surface area contributed by atoms with Crippen molar-refractivity contribution < 1.29 is 14.3 Å². The van der Waals surface area contributed by atoms with Gasteiger partial charge < -0.3 is 15.2 Å². The third-order valence-electron chi connectivity index (χ3n) is 2.67. The van der Waals surface area contributed by atoms with Crippen LogP contribution in [0.3, 0.4) is 0 Å². The zero-order valence-corrected chi connectivity index (χ0v) is 12.8. The lowest BCUT2D eigenvalue weighted by atomic mass is 10.1. The lowest BCUT2D eigenvalue weighted by Gasteiger charge is -2.13. The molecule has 0 saturated heterocycles. The summed E-state index contributed by atoms with van der Waals surface area (Å²) >= 11 is 5.96. The van der Waals surface area contributed by atoms with E-state index in [0.717, 1.165) is 18.4 Å². The molecule has 0 radical (unpaired) electrons. The Morgan fingerprint density at radius 3 is 2.85 bits per heavy atom. The van der Waals surface area contributed by atoms with E-state index >= 15 is 0 Å². The fourth-order valence-corrected chi connectivity index (χ4v) is 1.90. The van der Waals surface area contributed by atoms with E-state index < -0.39 is 0 Å². The fourth-order valence-electron chi connectivity index (χ4n) is 1.70. The maximum atomic E-state index is 11.5. The molecule has 0 aliphatic carbocycles. The molecule has 112 valence electrons. The summed E-state index contributed by atoms with van der Waals surface area (Å²) in [7, 11) is 0. The molecule has 0 heterocycles. The predicted octanol–water partition coefficient (Wildman–Crippen LogP) is 2.95. The Hall–Kier alpha value is -1.26. The lowest BCUT2D eigenvalue weighted by Crippen LogP contribution is -2.20. The molecular formula is C15H22ClNO3. The average molecular weight is 300 g/mol. The molecule has 5 heteroatoms. The van der Waals surface area contributed by atoms with E-state index in [2.05, 4.69) is 0 Å². The molecule has 20 heavy (non-hydrogen) atoms. The van der Waals surface area contributed by atoms with E-state index in [1.54, 1.807) is 12.1 Å². The van der Waals surface area contributed by atoms with E-state index in [-0.39, 0.29) is 18.6 Å². The maximum Gasteiger partial charge on any atom is 0.344 e. The van der Waals surface area contributed by atoms with E-state index in [1.165, 1.54) is 0 Å². The van der Waals surface area contributed by atoms with Crippen molar-refractivity contribution in [3.8, 4) is 5.75 Å². The summed E-state index contributed by atoms with van der Waals surface area (Å²) in [6, 6.07) is 5.28. The number of hydrogen-bond acceptors (Lipinski definition) is 4. The first kappa shape index (κ1) is 16.8. The Morgan fingerprint density at radius 1 is 1.45 bits per heavy atom. The van der Waals surface area contributed by atoms with Crippen LogP contribution in [0.1, 0.15) is 32.3 Å². The second-order valence-corrected chi connectivity index (χ2v) is 5.23. The van der Waals surface area contributed by atoms with Crippen LogP contribution in [0, 0.1) is 0 Å². The van der Waals surface area contributed by atoms with E-state index in [1.807, 2.05) is 19.9 Å². The van der Waals surface area contributed by atoms with Crippen molar-refractivity contribution in [2.75, 3.05) is 13.2 Å². The number of carbonyl (C=O) groups excluding carboxylic acids is 1. The van der Waals surface area contributed by atoms with Crippen LogP contribution in [0.2, 0.25) is 5.02 Å². The summed E-state index contributed by atoms with van der Waals surface area (Å²) < 4.78 is 10.5. The van der Waals surface area contributed by atoms with Crippen LogP contribution in [0.4, 0.5) is 0 Å². The molecule has 1 atom stereocenters. The first-order valence-electron chi connectivity index (χ1n) is 6.85. The summed E-state index contributed by atoms with van der Waals surface area (Å²) in [6.45, 7) is 4.28. The van der Waals surface area contributed by atoms with Gasteiger partial charge in [0.25, 0.3) is 0 Å². The Labute approximate surface area is 125 Å². The van der Waals surface area contributed by atoms with Crippen molar-refractivity contribution in [1.29, 1.82) is 0 Å². The van der Waals surface area contributed by atoms with Crippen LogP contribution in [0.5, 0.6) is 5.75 Å². The van der Waals surface area contributed by atoms with Crippen molar-refractivity contribution >= 4 is 17.6 Å². The standard InChI is InChI=1S/C15H22ClNO3/c1-3-4-7-19-15(18)10-20-14-6-5-13(16)9-12(14)8-11(2)17/h5-6,9,11H,3-4,7-8,10,17H2,1-2H3. The van der Waals surface area contributed by atoms with Gasteiger partial charge in [0.2, 0.25) is 0 Å². The molecule has 1 rings (SSSR count). The van der Waals surface area contributed by atoms with Gasteiger partial charge in [-0.1, -0.05) is 24.9 Å². The van der Waals surface area contributed by atoms with Crippen LogP contribution in [0.15, 0.2) is 18.2 Å². The number of rotatable bonds is 8. The normalized spacial score (nSPS) is 12.0. The van der Waals surface area contributed by atoms with E-state index in [0.29, 0.717) is 23.8 Å². The van der Waals surface area contributed by atoms with Gasteiger partial charge in [-0.3, -0.25) is 0 Å². The maximum absolute atomic E-state index is 11.5. The molecular weight excluding hydrogens is 278 g/mol. The minimum Gasteiger partial charge on any atom is -0.482 e. The van der Waals surface area contributed by atoms with Crippen LogP contribution >= 0.6 is 11.6 Å². The third kappa shape index (κ3) is 6.26. The van der Waals surface area contributed by atoms with Gasteiger partial charge in [0.05, 0.1) is 6.61 Å². The Morgan fingerprint density at radius 2 is 2.20 bits per heavy atom. The monoisotopic (exact) mass is 299 g/mol. The molecule has 0 amide bonds. The summed E-state index contributed by atoms with van der Waals surface area (Å²) in [6.07, 6.45) is 2.49. The lowest BCUT2D eigenvalue weighted by molar-refractivity contribution is -0.146. The number of halogens is 1. The second-order valence-electron chi connectivity index (χ2n) is 4.80. The van der Waals surface area contributed by atoms with Crippen LogP contribution in [0.25, 0.3) is 0 Å². The Kier molecular flexibility index (Phi) is 7.41. The minimum absolute atomic E-state index is 0.00711. The fraction of sp³-hybridized carbons (Fsp3) is 0.533. The highest BCUT2D eigenvalue weighted by Crippen LogP contribution is 2.24. The molecule has 1 unspecified atom stereocenters. The highest BCUT2D eigenvalue weighted by atomic mass is 35.5. The largest absolute Gasteiger partial charge is 0.482 e. The minimum atomic E-state index is -0.361. The van der Waals surface area contributed by atoms with Crippen LogP contribution in [-0.2, 0) is 16.0 Å². The SMILES string of the molecule is CCCCOC(=O)COc1ccc(Cl)cc1CC(C)N. The zero-order chi connectivity index (χ0) is 15.0. The predicted molar refractivity (Wildman–Crippen MR) is 80.2 cm³/mol. The van der Waals surface area contributed by atoms with Gasteiger partial charge in [0, 0.05) is 11.1 Å². The van der Waals surface area contributed by atoms with Gasteiger partial charge in [-0.05, 0) is 43.5 Å². The molecule has 0 spiro atoms. The number of unbranched alkanes of at least 4 members (excludes halogenated alkanes) is 1. The third-order valence-corrected chi connectivity index (χ3v) is 2.91. The van der Waals surface area contributed by atoms with Gasteiger partial charge in [-0.25, -0.2) is 4.79 Å². The number of ether oxygens (including phenoxy) is 2. The molecule has 0 bridgehead atoms. The molecule has 1 aromatic rings. The average Bonchev–Trinajstić information content (AvgIpc) is 2.37. The number of esters is 1. The summed E-state index contributed by atoms with van der Waals surface area (Å²) in [5.41, 5.74) is 6.69. The molecule has 0 aliphatic heterocycles. The second kappa shape index (κ2) is 8.82. The highest BCUT2D eigenvalue weighted by molar-refractivity contribution is 6.30. The van der Waals surface area contributed by atoms with Gasteiger partial charge >= 0.3 is 5.97 Å². The van der Waals surface area contributed by atoms with Crippen molar-refractivity contribution in [1.82, 2.24) is 0 Å². The van der Waals surface area contributed by atoms with E-state index in [4.69, 9.17) is 26.8 Å². The molecule has 0 aliphatic rings. The van der Waals surface area contributed by atoms with E-state index in [9.17, 15) is 4.79 Å². The molecule has 0 aromatic heterocycles. The zero-order valence-electron chi connectivity index (χ0n) is 12.0. The van der Waals surface area contributed by atoms with Crippen molar-refractivity contribution in [3.63, 3.8) is 0 Å². The molecule has 0 fully saturated rings. The molecule has 2 N–H and O–H groups in total. The van der Waals surface area contributed by atoms with Crippen LogP contribution in [-0.4, -0.2) is 25.2 Å². The van der Waals surface area contributed by atoms with Crippen LogP contribution < -0.4 is 10.5 Å². The quantitative estimate of drug-likeness (QED) is 0.592. The number of carbonyl (C=O) groups is 1. The first-order chi connectivity index (χ1) is 9.52. The number of benzene rings is 1. The topological polar surface area (TPSA) is 61.5 Å². The Bertz CT molecular complexity index is 435. The first-order valence-corrected chi connectivity index (χ1v) is 7.23. The van der Waals surface area contributed by atoms with Crippen molar-refractivity contribution in [3.05, 3.63) is 28.8 Å². The van der Waals surface area contributed by atoms with Gasteiger partial charge in [0.1, 0.15) is 5.75 Å². The summed E-state index contributed by atoms with van der Waals surface area (Å²) in [5.74, 6) is 0.263. The van der Waals surface area contributed by atoms with Gasteiger partial charge in [-0.15, -0.1) is 0 Å². The summed E-state index contributed by atoms with van der Waals surface area (Å²) in [5, 5.41) is 0.624. The smallest absolute Gasteiger partial charge is 0.344 e. The van der Waals surface area contributed by atoms with Gasteiger partial charge in [-0.2, -0.15) is 0 Å². The van der Waals surface area contributed by atoms with Crippen molar-refractivity contribution in [2.45, 2.75) is 39.2 Å². The molecule has 4 nitrogen and oxygen atoms in total. The number of nitrogens with two attached hydrogens (primary N) is 1. The van der Waals surface area contributed by atoms with Gasteiger partial charge in [0.15, 0.2) is 6.61 Å². The summed E-state index contributed by atoms with van der Waals surface area (Å²) in [4.78, 5) is 11.5.